The van der Waals surface area contributed by atoms with Gasteiger partial charge in [-0.15, -0.1) is 0 Å². The van der Waals surface area contributed by atoms with Crippen LogP contribution in [0, 0.1) is 11.3 Å². The molecule has 2 aromatic carbocycles. The van der Waals surface area contributed by atoms with Gasteiger partial charge in [-0.2, -0.15) is 5.26 Å². The molecule has 0 N–H and O–H groups in total. The summed E-state index contributed by atoms with van der Waals surface area (Å²) in [4.78, 5) is 11.5. The van der Waals surface area contributed by atoms with Crippen LogP contribution in [0.5, 0.6) is 0 Å². The summed E-state index contributed by atoms with van der Waals surface area (Å²) in [5.74, 6) is -0.702. The third kappa shape index (κ3) is 2.51. The van der Waals surface area contributed by atoms with E-state index in [9.17, 15) is 4.79 Å². The molecule has 0 heterocycles. The normalized spacial score (nSPS) is 13.0. The van der Waals surface area contributed by atoms with Gasteiger partial charge >= 0.3 is 5.97 Å². The second kappa shape index (κ2) is 5.59. The lowest BCUT2D eigenvalue weighted by Crippen LogP contribution is -2.16. The average Bonchev–Trinajstić information content (AvgIpc) is 2.91. The van der Waals surface area contributed by atoms with E-state index in [2.05, 4.69) is 18.2 Å². The number of ether oxygens (including phenoxy) is 1. The fourth-order valence-electron chi connectivity index (χ4n) is 2.63. The minimum absolute atomic E-state index is 0.140. The number of carbonyl (C=O) groups excluding carboxylic acids is 1. The predicted molar refractivity (Wildman–Crippen MR) is 79.7 cm³/mol. The van der Waals surface area contributed by atoms with E-state index in [0.717, 1.165) is 12.0 Å². The Morgan fingerprint density at radius 2 is 2.00 bits per heavy atom. The fourth-order valence-corrected chi connectivity index (χ4v) is 2.70. The number of halogens is 1. The van der Waals surface area contributed by atoms with Gasteiger partial charge in [0.1, 0.15) is 6.61 Å². The van der Waals surface area contributed by atoms with Crippen LogP contribution in [0.1, 0.15) is 16.7 Å². The van der Waals surface area contributed by atoms with Gasteiger partial charge in [0, 0.05) is 0 Å². The molecule has 0 aromatic heterocycles. The lowest BCUT2D eigenvalue weighted by atomic mass is 10.0. The summed E-state index contributed by atoms with van der Waals surface area (Å²) in [6, 6.07) is 15.9. The highest BCUT2D eigenvalue weighted by Crippen LogP contribution is 2.38. The Kier molecular flexibility index (Phi) is 3.64. The molecule has 0 aliphatic heterocycles. The smallest absolute Gasteiger partial charge is 0.339 e. The number of carbonyl (C=O) groups is 1. The minimum Gasteiger partial charge on any atom is -0.459 e. The summed E-state index contributed by atoms with van der Waals surface area (Å²) in [5, 5.41) is 7.34. The van der Waals surface area contributed by atoms with Crippen LogP contribution in [0.4, 0.5) is 0 Å². The topological polar surface area (TPSA) is 50.1 Å². The molecule has 104 valence electrons. The SMILES string of the molecule is N#CC(Cl)C(=O)OCc1cccc2c1Cc1ccccc1-2. The Balaban J connectivity index is 1.84. The quantitative estimate of drug-likeness (QED) is 0.550. The molecule has 0 saturated heterocycles. The second-order valence-electron chi connectivity index (χ2n) is 4.88. The first-order valence-corrected chi connectivity index (χ1v) is 7.03. The molecule has 0 bridgehead atoms. The zero-order valence-corrected chi connectivity index (χ0v) is 11.9. The van der Waals surface area contributed by atoms with Crippen molar-refractivity contribution in [2.24, 2.45) is 0 Å². The van der Waals surface area contributed by atoms with Gasteiger partial charge in [0.05, 0.1) is 6.07 Å². The number of alkyl halides is 1. The molecule has 2 aromatic rings. The van der Waals surface area contributed by atoms with Crippen molar-refractivity contribution in [3.8, 4) is 17.2 Å². The predicted octanol–water partition coefficient (Wildman–Crippen LogP) is 3.43. The third-order valence-electron chi connectivity index (χ3n) is 3.64. The Morgan fingerprint density at radius 1 is 1.24 bits per heavy atom. The third-order valence-corrected chi connectivity index (χ3v) is 3.91. The molecule has 3 nitrogen and oxygen atoms in total. The summed E-state index contributed by atoms with van der Waals surface area (Å²) in [7, 11) is 0. The van der Waals surface area contributed by atoms with Crippen LogP contribution in [0.2, 0.25) is 0 Å². The molecule has 21 heavy (non-hydrogen) atoms. The van der Waals surface area contributed by atoms with Crippen molar-refractivity contribution in [1.29, 1.82) is 5.26 Å². The maximum Gasteiger partial charge on any atom is 0.339 e. The summed E-state index contributed by atoms with van der Waals surface area (Å²) in [6.45, 7) is 0.140. The summed E-state index contributed by atoms with van der Waals surface area (Å²) in [6.07, 6.45) is 0.835. The van der Waals surface area contributed by atoms with Crippen molar-refractivity contribution < 1.29 is 9.53 Å². The largest absolute Gasteiger partial charge is 0.459 e. The maximum absolute atomic E-state index is 11.5. The molecular weight excluding hydrogens is 286 g/mol. The fraction of sp³-hybridized carbons (Fsp3) is 0.176. The van der Waals surface area contributed by atoms with Crippen molar-refractivity contribution >= 4 is 17.6 Å². The Morgan fingerprint density at radius 3 is 2.81 bits per heavy atom. The molecule has 0 spiro atoms. The van der Waals surface area contributed by atoms with Gasteiger partial charge < -0.3 is 4.74 Å². The lowest BCUT2D eigenvalue weighted by molar-refractivity contribution is -0.143. The van der Waals surface area contributed by atoms with Crippen LogP contribution in [0.25, 0.3) is 11.1 Å². The molecule has 1 unspecified atom stereocenters. The van der Waals surface area contributed by atoms with Crippen molar-refractivity contribution in [2.75, 3.05) is 0 Å². The highest BCUT2D eigenvalue weighted by Gasteiger charge is 2.22. The van der Waals surface area contributed by atoms with E-state index in [4.69, 9.17) is 21.6 Å². The number of nitrogens with zero attached hydrogens (tertiary/aromatic N) is 1. The number of fused-ring (bicyclic) bond motifs is 3. The molecule has 1 aliphatic carbocycles. The summed E-state index contributed by atoms with van der Waals surface area (Å²) < 4.78 is 5.11. The van der Waals surface area contributed by atoms with Crippen LogP contribution >= 0.6 is 11.6 Å². The number of hydrogen-bond acceptors (Lipinski definition) is 3. The van der Waals surface area contributed by atoms with Gasteiger partial charge in [-0.3, -0.25) is 0 Å². The second-order valence-corrected chi connectivity index (χ2v) is 5.31. The van der Waals surface area contributed by atoms with Gasteiger partial charge in [-0.25, -0.2) is 4.79 Å². The number of rotatable bonds is 3. The summed E-state index contributed by atoms with van der Waals surface area (Å²) >= 11 is 5.54. The lowest BCUT2D eigenvalue weighted by Gasteiger charge is -2.09. The van der Waals surface area contributed by atoms with Gasteiger partial charge in [0.25, 0.3) is 0 Å². The standard InChI is InChI=1S/C17H12ClNO2/c18-16(9-19)17(20)21-10-12-5-3-7-14-13-6-2-1-4-11(13)8-15(12)14/h1-7,16H,8,10H2. The summed E-state index contributed by atoms with van der Waals surface area (Å²) in [5.41, 5.74) is 5.82. The van der Waals surface area contributed by atoms with E-state index in [0.29, 0.717) is 0 Å². The van der Waals surface area contributed by atoms with Crippen LogP contribution < -0.4 is 0 Å². The van der Waals surface area contributed by atoms with Gasteiger partial charge in [0.15, 0.2) is 0 Å². The zero-order valence-electron chi connectivity index (χ0n) is 11.2. The van der Waals surface area contributed by atoms with Crippen LogP contribution in [-0.2, 0) is 22.6 Å². The monoisotopic (exact) mass is 297 g/mol. The molecule has 4 heteroatoms. The van der Waals surface area contributed by atoms with Crippen LogP contribution in [-0.4, -0.2) is 11.3 Å². The molecule has 0 radical (unpaired) electrons. The van der Waals surface area contributed by atoms with E-state index < -0.39 is 11.3 Å². The number of hydrogen-bond donors (Lipinski definition) is 0. The van der Waals surface area contributed by atoms with Gasteiger partial charge in [0.2, 0.25) is 5.38 Å². The van der Waals surface area contributed by atoms with E-state index in [1.807, 2.05) is 24.3 Å². The van der Waals surface area contributed by atoms with E-state index in [1.165, 1.54) is 22.3 Å². The minimum atomic E-state index is -1.25. The van der Waals surface area contributed by atoms with Crippen molar-refractivity contribution in [3.05, 3.63) is 59.2 Å². The molecular formula is C17H12ClNO2. The Bertz CT molecular complexity index is 749. The maximum atomic E-state index is 11.5. The van der Waals surface area contributed by atoms with Crippen molar-refractivity contribution in [1.82, 2.24) is 0 Å². The molecule has 0 saturated carbocycles. The van der Waals surface area contributed by atoms with E-state index >= 15 is 0 Å². The zero-order chi connectivity index (χ0) is 14.8. The van der Waals surface area contributed by atoms with Gasteiger partial charge in [-0.1, -0.05) is 54.1 Å². The molecule has 1 atom stereocenters. The first-order chi connectivity index (χ1) is 10.2. The Hall–Kier alpha value is -2.31. The van der Waals surface area contributed by atoms with Gasteiger partial charge in [-0.05, 0) is 34.2 Å². The molecule has 1 aliphatic rings. The van der Waals surface area contributed by atoms with Crippen LogP contribution in [0.3, 0.4) is 0 Å². The Labute approximate surface area is 127 Å². The average molecular weight is 298 g/mol. The number of nitriles is 1. The molecule has 3 rings (SSSR count). The first kappa shape index (κ1) is 13.7. The highest BCUT2D eigenvalue weighted by atomic mass is 35.5. The number of benzene rings is 2. The number of esters is 1. The molecule has 0 fully saturated rings. The van der Waals surface area contributed by atoms with Crippen molar-refractivity contribution in [3.63, 3.8) is 0 Å². The van der Waals surface area contributed by atoms with E-state index in [1.54, 1.807) is 6.07 Å². The highest BCUT2D eigenvalue weighted by molar-refractivity contribution is 6.31. The van der Waals surface area contributed by atoms with Crippen LogP contribution in [0.15, 0.2) is 42.5 Å². The van der Waals surface area contributed by atoms with Crippen molar-refractivity contribution in [2.45, 2.75) is 18.4 Å². The van der Waals surface area contributed by atoms with E-state index in [-0.39, 0.29) is 6.61 Å². The molecule has 0 amide bonds. The first-order valence-electron chi connectivity index (χ1n) is 6.60.